The van der Waals surface area contributed by atoms with E-state index in [1.165, 1.54) is 6.07 Å². The van der Waals surface area contributed by atoms with Crippen LogP contribution >= 0.6 is 58.6 Å². The highest BCUT2D eigenvalue weighted by Gasteiger charge is 2.12. The van der Waals surface area contributed by atoms with Crippen LogP contribution in [0.4, 0.5) is 5.69 Å². The number of nitrogens with zero attached hydrogens (tertiary/aromatic N) is 1. The Morgan fingerprint density at radius 2 is 1.69 bits per heavy atom. The smallest absolute Gasteiger partial charge is 0.0956 e. The molecule has 0 heterocycles. The molecule has 1 aromatic rings. The van der Waals surface area contributed by atoms with Gasteiger partial charge in [0.25, 0.3) is 0 Å². The fraction of sp³-hybridized carbons (Fsp3) is 0. The molecule has 0 saturated heterocycles. The summed E-state index contributed by atoms with van der Waals surface area (Å²) < 4.78 is 0. The van der Waals surface area contributed by atoms with Crippen LogP contribution in [0.15, 0.2) is 11.1 Å². The topological polar surface area (TPSA) is 12.4 Å². The molecule has 0 aliphatic rings. The lowest BCUT2D eigenvalue weighted by Gasteiger charge is -2.03. The first-order valence-electron chi connectivity index (χ1n) is 2.98. The van der Waals surface area contributed by atoms with E-state index in [2.05, 4.69) is 22.4 Å². The molecule has 13 heavy (non-hydrogen) atoms. The number of halogens is 4. The molecule has 0 aliphatic carbocycles. The van der Waals surface area contributed by atoms with Gasteiger partial charge in [0.1, 0.15) is 0 Å². The minimum Gasteiger partial charge on any atom is -0.193 e. The van der Waals surface area contributed by atoms with Crippen LogP contribution in [0.3, 0.4) is 0 Å². The van der Waals surface area contributed by atoms with E-state index in [0.717, 1.165) is 0 Å². The second-order valence-corrected chi connectivity index (χ2v) is 3.75. The van der Waals surface area contributed by atoms with Crippen LogP contribution in [-0.2, 0) is 0 Å². The predicted molar refractivity (Wildman–Crippen MR) is 61.2 cm³/mol. The molecule has 0 unspecified atom stereocenters. The molecule has 1 rings (SSSR count). The second-order valence-electron chi connectivity index (χ2n) is 2.02. The van der Waals surface area contributed by atoms with E-state index in [4.69, 9.17) is 46.4 Å². The van der Waals surface area contributed by atoms with E-state index in [1.54, 1.807) is 0 Å². The van der Waals surface area contributed by atoms with E-state index in [9.17, 15) is 0 Å². The summed E-state index contributed by atoms with van der Waals surface area (Å²) in [6, 6.07) is 1.47. The maximum absolute atomic E-state index is 5.79. The maximum Gasteiger partial charge on any atom is 0.0956 e. The Bertz CT molecular complexity index is 398. The number of hydrogen-bond donors (Lipinski definition) is 0. The maximum atomic E-state index is 5.79. The first kappa shape index (κ1) is 11.3. The van der Waals surface area contributed by atoms with Gasteiger partial charge in [0.05, 0.1) is 30.9 Å². The molecule has 0 saturated carbocycles. The third-order valence-electron chi connectivity index (χ3n) is 1.25. The zero-order valence-electron chi connectivity index (χ0n) is 5.94. The summed E-state index contributed by atoms with van der Waals surface area (Å²) in [5, 5.41) is 3.03. The fourth-order valence-electron chi connectivity index (χ4n) is 0.691. The van der Waals surface area contributed by atoms with Crippen molar-refractivity contribution in [3.05, 3.63) is 26.2 Å². The first-order chi connectivity index (χ1) is 6.07. The Morgan fingerprint density at radius 3 is 2.23 bits per heavy atom. The van der Waals surface area contributed by atoms with Gasteiger partial charge < -0.3 is 0 Å². The average Bonchev–Trinajstić information content (AvgIpc) is 2.11. The molecule has 1 aromatic carbocycles. The molecule has 0 aromatic heterocycles. The summed E-state index contributed by atoms with van der Waals surface area (Å²) in [5.41, 5.74) is 0.357. The number of isothiocyanates is 1. The van der Waals surface area contributed by atoms with Crippen molar-refractivity contribution in [3.63, 3.8) is 0 Å². The molecule has 0 bridgehead atoms. The average molecular weight is 273 g/mol. The van der Waals surface area contributed by atoms with Crippen molar-refractivity contribution in [1.82, 2.24) is 0 Å². The van der Waals surface area contributed by atoms with Crippen molar-refractivity contribution in [2.24, 2.45) is 4.99 Å². The van der Waals surface area contributed by atoms with Gasteiger partial charge in [0, 0.05) is 0 Å². The van der Waals surface area contributed by atoms with Crippen LogP contribution in [0.1, 0.15) is 0 Å². The van der Waals surface area contributed by atoms with Crippen molar-refractivity contribution in [3.8, 4) is 0 Å². The van der Waals surface area contributed by atoms with Crippen molar-refractivity contribution < 1.29 is 0 Å². The summed E-state index contributed by atoms with van der Waals surface area (Å²) in [6.07, 6.45) is 0. The lowest BCUT2D eigenvalue weighted by atomic mass is 10.3. The number of rotatable bonds is 1. The van der Waals surface area contributed by atoms with Gasteiger partial charge in [-0.25, -0.2) is 0 Å². The number of thiocarbonyl (C=S) groups is 1. The Labute approximate surface area is 100 Å². The van der Waals surface area contributed by atoms with Crippen molar-refractivity contribution in [2.75, 3.05) is 0 Å². The molecule has 0 aliphatic heterocycles. The second kappa shape index (κ2) is 4.61. The zero-order chi connectivity index (χ0) is 10.0. The highest BCUT2D eigenvalue weighted by atomic mass is 35.5. The van der Waals surface area contributed by atoms with Gasteiger partial charge in [-0.3, -0.25) is 0 Å². The lowest BCUT2D eigenvalue weighted by molar-refractivity contribution is 1.55. The van der Waals surface area contributed by atoms with Gasteiger partial charge in [0.2, 0.25) is 0 Å². The van der Waals surface area contributed by atoms with Crippen LogP contribution in [0, 0.1) is 0 Å². The monoisotopic (exact) mass is 271 g/mol. The highest BCUT2D eigenvalue weighted by molar-refractivity contribution is 7.78. The Kier molecular flexibility index (Phi) is 3.99. The molecule has 68 valence electrons. The van der Waals surface area contributed by atoms with E-state index >= 15 is 0 Å². The van der Waals surface area contributed by atoms with Gasteiger partial charge in [-0.2, -0.15) is 4.99 Å². The summed E-state index contributed by atoms with van der Waals surface area (Å²) in [4.78, 5) is 3.67. The standard InChI is InChI=1S/C7HCl4NS/c8-3-1-4(12-2-13)6(10)7(11)5(3)9/h1H. The molecule has 0 spiro atoms. The third-order valence-corrected chi connectivity index (χ3v) is 3.08. The van der Waals surface area contributed by atoms with Gasteiger partial charge in [0.15, 0.2) is 0 Å². The summed E-state index contributed by atoms with van der Waals surface area (Å²) in [7, 11) is 0. The largest absolute Gasteiger partial charge is 0.193 e. The van der Waals surface area contributed by atoms with Gasteiger partial charge in [-0.1, -0.05) is 46.4 Å². The minimum atomic E-state index is 0.167. The lowest BCUT2D eigenvalue weighted by Crippen LogP contribution is -1.75. The zero-order valence-corrected chi connectivity index (χ0v) is 9.78. The van der Waals surface area contributed by atoms with Gasteiger partial charge in [-0.05, 0) is 18.3 Å². The molecule has 0 radical (unpaired) electrons. The molecule has 6 heteroatoms. The van der Waals surface area contributed by atoms with Gasteiger partial charge in [-0.15, -0.1) is 0 Å². The molecular weight excluding hydrogens is 272 g/mol. The SMILES string of the molecule is S=C=Nc1cc(Cl)c(Cl)c(Cl)c1Cl. The molecule has 0 atom stereocenters. The normalized spacial score (nSPS) is 9.54. The summed E-state index contributed by atoms with van der Waals surface area (Å²) in [6.45, 7) is 0. The Morgan fingerprint density at radius 1 is 1.08 bits per heavy atom. The van der Waals surface area contributed by atoms with Crippen LogP contribution < -0.4 is 0 Å². The highest BCUT2D eigenvalue weighted by Crippen LogP contribution is 2.41. The molecular formula is C7HCl4NS. The van der Waals surface area contributed by atoms with Crippen molar-refractivity contribution in [1.29, 1.82) is 0 Å². The summed E-state index contributed by atoms with van der Waals surface area (Å²) >= 11 is 27.4. The van der Waals surface area contributed by atoms with Crippen molar-refractivity contribution in [2.45, 2.75) is 0 Å². The summed E-state index contributed by atoms with van der Waals surface area (Å²) in [5.74, 6) is 0. The molecule has 0 fully saturated rings. The van der Waals surface area contributed by atoms with Crippen LogP contribution in [0.25, 0.3) is 0 Å². The predicted octanol–water partition coefficient (Wildman–Crippen LogP) is 5.03. The quantitative estimate of drug-likeness (QED) is 0.302. The Balaban J connectivity index is 3.49. The first-order valence-corrected chi connectivity index (χ1v) is 4.90. The molecule has 0 amide bonds. The molecule has 0 N–H and O–H groups in total. The van der Waals surface area contributed by atoms with E-state index in [1.807, 2.05) is 0 Å². The van der Waals surface area contributed by atoms with E-state index in [-0.39, 0.29) is 20.1 Å². The van der Waals surface area contributed by atoms with E-state index in [0.29, 0.717) is 5.69 Å². The van der Waals surface area contributed by atoms with Crippen LogP contribution in [-0.4, -0.2) is 5.16 Å². The third kappa shape index (κ3) is 2.35. The minimum absolute atomic E-state index is 0.167. The van der Waals surface area contributed by atoms with Crippen LogP contribution in [0.2, 0.25) is 20.1 Å². The Hall–Kier alpha value is 0.180. The fourth-order valence-corrected chi connectivity index (χ4v) is 1.62. The molecule has 1 nitrogen and oxygen atoms in total. The van der Waals surface area contributed by atoms with E-state index < -0.39 is 0 Å². The van der Waals surface area contributed by atoms with Gasteiger partial charge >= 0.3 is 0 Å². The number of benzene rings is 1. The van der Waals surface area contributed by atoms with Crippen LogP contribution in [0.5, 0.6) is 0 Å². The number of aliphatic imine (C=N–C) groups is 1. The number of hydrogen-bond acceptors (Lipinski definition) is 2. The van der Waals surface area contributed by atoms with Crippen molar-refractivity contribution >= 4 is 69.5 Å².